The van der Waals surface area contributed by atoms with Crippen LogP contribution in [0.25, 0.3) is 0 Å². The van der Waals surface area contributed by atoms with E-state index in [2.05, 4.69) is 21.2 Å². The number of carbonyl (C=O) groups is 2. The Hall–Kier alpha value is -1.76. The maximum Gasteiger partial charge on any atom is 0.321 e. The molecule has 1 rings (SSSR count). The van der Waals surface area contributed by atoms with Crippen molar-refractivity contribution >= 4 is 33.6 Å². The number of carboxylic acids is 1. The van der Waals surface area contributed by atoms with Gasteiger partial charge in [0.2, 0.25) is 0 Å². The Labute approximate surface area is 125 Å². The van der Waals surface area contributed by atoms with E-state index in [1.54, 1.807) is 32.2 Å². The van der Waals surface area contributed by atoms with Crippen molar-refractivity contribution in [2.24, 2.45) is 0 Å². The summed E-state index contributed by atoms with van der Waals surface area (Å²) in [4.78, 5) is 24.1. The lowest BCUT2D eigenvalue weighted by Gasteiger charge is -2.21. The number of carboxylic acid groups (broad SMARTS) is 1. The third-order valence-corrected chi connectivity index (χ3v) is 3.37. The molecule has 0 saturated heterocycles. The number of aliphatic carboxylic acids is 1. The van der Waals surface area contributed by atoms with Gasteiger partial charge in [-0.2, -0.15) is 0 Å². The van der Waals surface area contributed by atoms with Crippen molar-refractivity contribution in [1.29, 1.82) is 0 Å². The fourth-order valence-corrected chi connectivity index (χ4v) is 1.90. The molecule has 0 saturated carbocycles. The second-order valence-corrected chi connectivity index (χ2v) is 4.85. The molecule has 0 aliphatic heterocycles. The zero-order valence-electron chi connectivity index (χ0n) is 11.4. The Balaban J connectivity index is 2.75. The molecule has 0 bridgehead atoms. The van der Waals surface area contributed by atoms with Gasteiger partial charge >= 0.3 is 12.0 Å². The highest BCUT2D eigenvalue weighted by atomic mass is 79.9. The van der Waals surface area contributed by atoms with Gasteiger partial charge in [-0.15, -0.1) is 0 Å². The highest BCUT2D eigenvalue weighted by Crippen LogP contribution is 2.27. The summed E-state index contributed by atoms with van der Waals surface area (Å²) in [6.07, 6.45) is -0.0828. The summed E-state index contributed by atoms with van der Waals surface area (Å²) < 4.78 is 5.82. The zero-order chi connectivity index (χ0) is 15.1. The van der Waals surface area contributed by atoms with Gasteiger partial charge in [-0.3, -0.25) is 4.79 Å². The fraction of sp³-hybridized carbons (Fsp3) is 0.385. The van der Waals surface area contributed by atoms with Crippen molar-refractivity contribution in [3.05, 3.63) is 22.7 Å². The Morgan fingerprint density at radius 1 is 1.45 bits per heavy atom. The number of rotatable bonds is 6. The smallest absolute Gasteiger partial charge is 0.321 e. The molecule has 20 heavy (non-hydrogen) atoms. The van der Waals surface area contributed by atoms with E-state index >= 15 is 0 Å². The molecule has 0 fully saturated rings. The predicted octanol–water partition coefficient (Wildman–Crippen LogP) is 2.79. The number of amides is 2. The third kappa shape index (κ3) is 4.73. The SMILES string of the molecule is CCN(CCC(=O)O)C(=O)Nc1cc(OC)ccc1Br. The summed E-state index contributed by atoms with van der Waals surface area (Å²) in [5.41, 5.74) is 0.572. The lowest BCUT2D eigenvalue weighted by Crippen LogP contribution is -2.36. The van der Waals surface area contributed by atoms with Crippen LogP contribution in [0.5, 0.6) is 5.75 Å². The number of ether oxygens (including phenoxy) is 1. The van der Waals surface area contributed by atoms with Crippen LogP contribution in [0.15, 0.2) is 22.7 Å². The average Bonchev–Trinajstić information content (AvgIpc) is 2.41. The Kier molecular flexibility index (Phi) is 6.30. The molecular weight excluding hydrogens is 328 g/mol. The lowest BCUT2D eigenvalue weighted by atomic mass is 10.3. The summed E-state index contributed by atoms with van der Waals surface area (Å²) in [6.45, 7) is 2.39. The molecule has 110 valence electrons. The standard InChI is InChI=1S/C13H17BrN2O4/c1-3-16(7-6-12(17)18)13(19)15-11-8-9(20-2)4-5-10(11)14/h4-5,8H,3,6-7H2,1-2H3,(H,15,19)(H,17,18). The van der Waals surface area contributed by atoms with Crippen molar-refractivity contribution < 1.29 is 19.4 Å². The molecule has 0 heterocycles. The van der Waals surface area contributed by atoms with Gasteiger partial charge in [0, 0.05) is 23.6 Å². The highest BCUT2D eigenvalue weighted by Gasteiger charge is 2.14. The van der Waals surface area contributed by atoms with E-state index in [0.717, 1.165) is 4.47 Å². The first-order valence-corrected chi connectivity index (χ1v) is 6.88. The van der Waals surface area contributed by atoms with Gasteiger partial charge in [0.05, 0.1) is 19.2 Å². The third-order valence-electron chi connectivity index (χ3n) is 2.68. The first-order valence-electron chi connectivity index (χ1n) is 6.09. The number of urea groups is 1. The minimum Gasteiger partial charge on any atom is -0.497 e. The van der Waals surface area contributed by atoms with E-state index in [1.807, 2.05) is 0 Å². The molecule has 0 atom stereocenters. The Morgan fingerprint density at radius 2 is 2.15 bits per heavy atom. The Morgan fingerprint density at radius 3 is 2.70 bits per heavy atom. The molecule has 7 heteroatoms. The van der Waals surface area contributed by atoms with E-state index in [-0.39, 0.29) is 19.0 Å². The first kappa shape index (κ1) is 16.3. The van der Waals surface area contributed by atoms with E-state index in [4.69, 9.17) is 9.84 Å². The summed E-state index contributed by atoms with van der Waals surface area (Å²) in [7, 11) is 1.54. The fourth-order valence-electron chi connectivity index (χ4n) is 1.56. The van der Waals surface area contributed by atoms with Gasteiger partial charge < -0.3 is 20.1 Å². The quantitative estimate of drug-likeness (QED) is 0.831. The van der Waals surface area contributed by atoms with Gasteiger partial charge in [-0.1, -0.05) is 0 Å². The number of benzene rings is 1. The van der Waals surface area contributed by atoms with Gasteiger partial charge in [0.1, 0.15) is 5.75 Å². The molecule has 6 nitrogen and oxygen atoms in total. The number of hydrogen-bond donors (Lipinski definition) is 2. The van der Waals surface area contributed by atoms with Crippen LogP contribution in [-0.2, 0) is 4.79 Å². The molecule has 0 aliphatic rings. The van der Waals surface area contributed by atoms with Crippen LogP contribution in [-0.4, -0.2) is 42.2 Å². The van der Waals surface area contributed by atoms with Crippen LogP contribution in [0, 0.1) is 0 Å². The second kappa shape index (κ2) is 7.74. The van der Waals surface area contributed by atoms with Gasteiger partial charge in [0.25, 0.3) is 0 Å². The van der Waals surface area contributed by atoms with Crippen molar-refractivity contribution in [3.63, 3.8) is 0 Å². The molecule has 0 spiro atoms. The maximum atomic E-state index is 12.1. The van der Waals surface area contributed by atoms with E-state index < -0.39 is 5.97 Å². The van der Waals surface area contributed by atoms with Crippen molar-refractivity contribution in [2.75, 3.05) is 25.5 Å². The zero-order valence-corrected chi connectivity index (χ0v) is 12.9. The van der Waals surface area contributed by atoms with Crippen LogP contribution in [0.2, 0.25) is 0 Å². The number of anilines is 1. The van der Waals surface area contributed by atoms with E-state index in [1.165, 1.54) is 4.90 Å². The monoisotopic (exact) mass is 344 g/mol. The van der Waals surface area contributed by atoms with Crippen LogP contribution < -0.4 is 10.1 Å². The number of hydrogen-bond acceptors (Lipinski definition) is 3. The van der Waals surface area contributed by atoms with E-state index in [0.29, 0.717) is 18.0 Å². The van der Waals surface area contributed by atoms with Crippen molar-refractivity contribution in [3.8, 4) is 5.75 Å². The van der Waals surface area contributed by atoms with E-state index in [9.17, 15) is 9.59 Å². The van der Waals surface area contributed by atoms with Crippen molar-refractivity contribution in [1.82, 2.24) is 4.90 Å². The number of carbonyl (C=O) groups excluding carboxylic acids is 1. The lowest BCUT2D eigenvalue weighted by molar-refractivity contribution is -0.137. The normalized spacial score (nSPS) is 9.95. The van der Waals surface area contributed by atoms with Gasteiger partial charge in [-0.25, -0.2) is 4.79 Å². The number of nitrogens with zero attached hydrogens (tertiary/aromatic N) is 1. The summed E-state index contributed by atoms with van der Waals surface area (Å²) in [6, 6.07) is 4.87. The Bertz CT molecular complexity index is 493. The summed E-state index contributed by atoms with van der Waals surface area (Å²) in [5, 5.41) is 11.4. The first-order chi connectivity index (χ1) is 9.47. The number of nitrogens with one attached hydrogen (secondary N) is 1. The minimum atomic E-state index is -0.932. The molecule has 0 unspecified atom stereocenters. The average molecular weight is 345 g/mol. The number of halogens is 1. The summed E-state index contributed by atoms with van der Waals surface area (Å²) >= 11 is 3.34. The largest absolute Gasteiger partial charge is 0.497 e. The molecule has 0 aliphatic carbocycles. The topological polar surface area (TPSA) is 78.9 Å². The maximum absolute atomic E-state index is 12.1. The van der Waals surface area contributed by atoms with Gasteiger partial charge in [-0.05, 0) is 35.0 Å². The molecule has 0 aromatic heterocycles. The summed E-state index contributed by atoms with van der Waals surface area (Å²) in [5.74, 6) is -0.309. The highest BCUT2D eigenvalue weighted by molar-refractivity contribution is 9.10. The molecule has 0 radical (unpaired) electrons. The van der Waals surface area contributed by atoms with Crippen LogP contribution in [0.1, 0.15) is 13.3 Å². The molecule has 2 N–H and O–H groups in total. The molecule has 1 aromatic carbocycles. The predicted molar refractivity (Wildman–Crippen MR) is 79.2 cm³/mol. The second-order valence-electron chi connectivity index (χ2n) is 4.00. The van der Waals surface area contributed by atoms with Crippen LogP contribution in [0.3, 0.4) is 0 Å². The molecular formula is C13H17BrN2O4. The van der Waals surface area contributed by atoms with Crippen LogP contribution in [0.4, 0.5) is 10.5 Å². The molecule has 1 aromatic rings. The van der Waals surface area contributed by atoms with Crippen LogP contribution >= 0.6 is 15.9 Å². The van der Waals surface area contributed by atoms with Gasteiger partial charge in [0.15, 0.2) is 0 Å². The van der Waals surface area contributed by atoms with Crippen molar-refractivity contribution in [2.45, 2.75) is 13.3 Å². The number of methoxy groups -OCH3 is 1. The minimum absolute atomic E-state index is 0.0828. The molecule has 2 amide bonds.